The van der Waals surface area contributed by atoms with Crippen LogP contribution >= 0.6 is 0 Å². The average molecular weight is 290 g/mol. The molecule has 106 valence electrons. The van der Waals surface area contributed by atoms with Crippen molar-refractivity contribution in [3.63, 3.8) is 0 Å². The molecular weight excluding hydrogens is 283 g/mol. The number of ether oxygens (including phenoxy) is 1. The van der Waals surface area contributed by atoms with E-state index in [0.717, 1.165) is 24.3 Å². The molecule has 0 bridgehead atoms. The molecule has 0 unspecified atom stereocenters. The number of para-hydroxylation sites is 1. The van der Waals surface area contributed by atoms with Crippen molar-refractivity contribution in [3.8, 4) is 22.6 Å². The molecule has 2 aromatic carbocycles. The molecule has 2 aromatic rings. The molecule has 0 spiro atoms. The fraction of sp³-hybridized carbons (Fsp3) is 0.0769. The van der Waals surface area contributed by atoms with E-state index in [1.165, 1.54) is 12.1 Å². The van der Waals surface area contributed by atoms with Gasteiger partial charge in [-0.05, 0) is 18.2 Å². The summed E-state index contributed by atoms with van der Waals surface area (Å²) >= 11 is 0. The van der Waals surface area contributed by atoms with E-state index in [4.69, 9.17) is 5.11 Å². The predicted molar refractivity (Wildman–Crippen MR) is 60.1 cm³/mol. The van der Waals surface area contributed by atoms with Crippen LogP contribution in [0.15, 0.2) is 36.4 Å². The van der Waals surface area contributed by atoms with Gasteiger partial charge in [-0.2, -0.15) is 4.39 Å². The summed E-state index contributed by atoms with van der Waals surface area (Å²) in [5.74, 6) is -4.59. The van der Waals surface area contributed by atoms with Crippen LogP contribution in [0, 0.1) is 11.6 Å². The van der Waals surface area contributed by atoms with Gasteiger partial charge >= 0.3 is 6.36 Å². The van der Waals surface area contributed by atoms with Gasteiger partial charge < -0.3 is 9.84 Å². The lowest BCUT2D eigenvalue weighted by Crippen LogP contribution is -2.17. The maximum atomic E-state index is 13.7. The standard InChI is InChI=1S/C13H7F5O2/c14-11-8(5-6-9(19)12(11)15)7-3-1-2-4-10(7)20-13(16,17)18/h1-6,19H. The molecule has 0 saturated heterocycles. The van der Waals surface area contributed by atoms with Crippen molar-refractivity contribution in [2.24, 2.45) is 0 Å². The Balaban J connectivity index is 2.56. The van der Waals surface area contributed by atoms with Crippen LogP contribution < -0.4 is 4.74 Å². The van der Waals surface area contributed by atoms with Crippen LogP contribution in [0.25, 0.3) is 11.1 Å². The van der Waals surface area contributed by atoms with Gasteiger partial charge in [-0.15, -0.1) is 13.2 Å². The molecule has 0 amide bonds. The Labute approximate surface area is 110 Å². The van der Waals surface area contributed by atoms with Crippen LogP contribution in [0.1, 0.15) is 0 Å². The van der Waals surface area contributed by atoms with Crippen molar-refractivity contribution in [3.05, 3.63) is 48.0 Å². The Morgan fingerprint density at radius 3 is 2.15 bits per heavy atom. The van der Waals surface area contributed by atoms with Crippen molar-refractivity contribution in [1.82, 2.24) is 0 Å². The SMILES string of the molecule is Oc1ccc(-c2ccccc2OC(F)(F)F)c(F)c1F. The van der Waals surface area contributed by atoms with Crippen LogP contribution in [-0.2, 0) is 0 Å². The molecule has 0 radical (unpaired) electrons. The first-order chi connectivity index (χ1) is 9.29. The third-order valence-corrected chi connectivity index (χ3v) is 2.46. The molecule has 1 N–H and O–H groups in total. The maximum absolute atomic E-state index is 13.7. The highest BCUT2D eigenvalue weighted by atomic mass is 19.4. The molecule has 2 nitrogen and oxygen atoms in total. The fourth-order valence-corrected chi connectivity index (χ4v) is 1.65. The zero-order valence-corrected chi connectivity index (χ0v) is 9.71. The van der Waals surface area contributed by atoms with E-state index in [1.54, 1.807) is 0 Å². The lowest BCUT2D eigenvalue weighted by Gasteiger charge is -2.14. The number of hydrogen-bond donors (Lipinski definition) is 1. The first-order valence-corrected chi connectivity index (χ1v) is 5.31. The van der Waals surface area contributed by atoms with Crippen LogP contribution in [0.4, 0.5) is 22.0 Å². The van der Waals surface area contributed by atoms with Gasteiger partial charge in [0.15, 0.2) is 11.6 Å². The first-order valence-electron chi connectivity index (χ1n) is 5.31. The number of benzene rings is 2. The van der Waals surface area contributed by atoms with Crippen LogP contribution in [0.2, 0.25) is 0 Å². The number of phenolic OH excluding ortho intramolecular Hbond substituents is 1. The van der Waals surface area contributed by atoms with Crippen molar-refractivity contribution < 1.29 is 31.8 Å². The lowest BCUT2D eigenvalue weighted by atomic mass is 10.0. The van der Waals surface area contributed by atoms with Gasteiger partial charge in [0.25, 0.3) is 0 Å². The van der Waals surface area contributed by atoms with Gasteiger partial charge in [-0.3, -0.25) is 0 Å². The van der Waals surface area contributed by atoms with E-state index < -0.39 is 35.1 Å². The number of aromatic hydroxyl groups is 1. The molecule has 0 aliphatic carbocycles. The van der Waals surface area contributed by atoms with E-state index in [2.05, 4.69) is 4.74 Å². The second-order valence-electron chi connectivity index (χ2n) is 3.80. The third-order valence-electron chi connectivity index (χ3n) is 2.46. The maximum Gasteiger partial charge on any atom is 0.573 e. The highest BCUT2D eigenvalue weighted by Gasteiger charge is 2.32. The Morgan fingerprint density at radius 2 is 1.50 bits per heavy atom. The first kappa shape index (κ1) is 14.1. The lowest BCUT2D eigenvalue weighted by molar-refractivity contribution is -0.274. The number of rotatable bonds is 2. The van der Waals surface area contributed by atoms with E-state index in [1.807, 2.05) is 0 Å². The minimum absolute atomic E-state index is 0.277. The zero-order valence-electron chi connectivity index (χ0n) is 9.71. The summed E-state index contributed by atoms with van der Waals surface area (Å²) in [7, 11) is 0. The Bertz CT molecular complexity index is 637. The molecule has 0 aliphatic rings. The molecule has 0 fully saturated rings. The molecule has 20 heavy (non-hydrogen) atoms. The minimum Gasteiger partial charge on any atom is -0.505 e. The molecule has 0 aliphatic heterocycles. The normalized spacial score (nSPS) is 11.4. The molecule has 7 heteroatoms. The smallest absolute Gasteiger partial charge is 0.505 e. The number of alkyl halides is 3. The van der Waals surface area contributed by atoms with E-state index >= 15 is 0 Å². The van der Waals surface area contributed by atoms with Crippen LogP contribution in [0.3, 0.4) is 0 Å². The summed E-state index contributed by atoms with van der Waals surface area (Å²) < 4.78 is 67.5. The predicted octanol–water partition coefficient (Wildman–Crippen LogP) is 4.24. The quantitative estimate of drug-likeness (QED) is 0.838. The topological polar surface area (TPSA) is 29.5 Å². The van der Waals surface area contributed by atoms with Crippen molar-refractivity contribution in [2.75, 3.05) is 0 Å². The van der Waals surface area contributed by atoms with Crippen molar-refractivity contribution >= 4 is 0 Å². The second kappa shape index (κ2) is 4.99. The van der Waals surface area contributed by atoms with Gasteiger partial charge in [0.1, 0.15) is 5.75 Å². The van der Waals surface area contributed by atoms with Gasteiger partial charge in [-0.25, -0.2) is 4.39 Å². The Kier molecular flexibility index (Phi) is 3.52. The van der Waals surface area contributed by atoms with Gasteiger partial charge in [-0.1, -0.05) is 18.2 Å². The number of phenols is 1. The summed E-state index contributed by atoms with van der Waals surface area (Å²) in [5.41, 5.74) is -0.721. The number of halogens is 5. The van der Waals surface area contributed by atoms with E-state index in [0.29, 0.717) is 0 Å². The summed E-state index contributed by atoms with van der Waals surface area (Å²) in [6, 6.07) is 6.55. The third kappa shape index (κ3) is 2.81. The fourth-order valence-electron chi connectivity index (χ4n) is 1.65. The molecule has 0 saturated carbocycles. The van der Waals surface area contributed by atoms with Crippen LogP contribution in [0.5, 0.6) is 11.5 Å². The zero-order chi connectivity index (χ0) is 14.9. The highest BCUT2D eigenvalue weighted by Crippen LogP contribution is 2.36. The van der Waals surface area contributed by atoms with Crippen LogP contribution in [-0.4, -0.2) is 11.5 Å². The summed E-state index contributed by atoms with van der Waals surface area (Å²) in [6.07, 6.45) is -4.96. The molecule has 0 atom stereocenters. The highest BCUT2D eigenvalue weighted by molar-refractivity contribution is 5.71. The molecular formula is C13H7F5O2. The summed E-state index contributed by atoms with van der Waals surface area (Å²) in [4.78, 5) is 0. The summed E-state index contributed by atoms with van der Waals surface area (Å²) in [6.45, 7) is 0. The Morgan fingerprint density at radius 1 is 0.850 bits per heavy atom. The van der Waals surface area contributed by atoms with Crippen molar-refractivity contribution in [1.29, 1.82) is 0 Å². The Hall–Kier alpha value is -2.31. The number of hydrogen-bond acceptors (Lipinski definition) is 2. The second-order valence-corrected chi connectivity index (χ2v) is 3.80. The van der Waals surface area contributed by atoms with Gasteiger partial charge in [0.2, 0.25) is 5.82 Å². The van der Waals surface area contributed by atoms with E-state index in [9.17, 15) is 22.0 Å². The van der Waals surface area contributed by atoms with E-state index in [-0.39, 0.29) is 5.56 Å². The average Bonchev–Trinajstić information content (AvgIpc) is 2.36. The van der Waals surface area contributed by atoms with Crippen molar-refractivity contribution in [2.45, 2.75) is 6.36 Å². The summed E-state index contributed by atoms with van der Waals surface area (Å²) in [5, 5.41) is 9.00. The monoisotopic (exact) mass is 290 g/mol. The largest absolute Gasteiger partial charge is 0.573 e. The van der Waals surface area contributed by atoms with Gasteiger partial charge in [0, 0.05) is 11.1 Å². The molecule has 0 aromatic heterocycles. The minimum atomic E-state index is -4.96. The molecule has 2 rings (SSSR count). The van der Waals surface area contributed by atoms with Gasteiger partial charge in [0.05, 0.1) is 0 Å². The molecule has 0 heterocycles.